The molecule has 0 aliphatic carbocycles. The molecular formula is C15H17NO4. The lowest BCUT2D eigenvalue weighted by atomic mass is 10.2. The van der Waals surface area contributed by atoms with Gasteiger partial charge in [-0.15, -0.1) is 0 Å². The highest BCUT2D eigenvalue weighted by Crippen LogP contribution is 2.14. The van der Waals surface area contributed by atoms with Crippen LogP contribution in [0.2, 0.25) is 0 Å². The van der Waals surface area contributed by atoms with Gasteiger partial charge in [0.05, 0.1) is 6.54 Å². The van der Waals surface area contributed by atoms with Gasteiger partial charge in [-0.05, 0) is 30.2 Å². The number of carboxylic acid groups (broad SMARTS) is 1. The lowest BCUT2D eigenvalue weighted by molar-refractivity contribution is -0.131. The summed E-state index contributed by atoms with van der Waals surface area (Å²) in [6.07, 6.45) is 4.19. The number of amides is 1. The first kappa shape index (κ1) is 14.1. The Bertz CT molecular complexity index is 507. The van der Waals surface area contributed by atoms with Crippen LogP contribution in [0.25, 0.3) is 6.08 Å². The molecule has 1 N–H and O–H groups in total. The van der Waals surface area contributed by atoms with E-state index in [-0.39, 0.29) is 5.91 Å². The van der Waals surface area contributed by atoms with Gasteiger partial charge in [0.1, 0.15) is 12.4 Å². The monoisotopic (exact) mass is 275 g/mol. The molecule has 1 fully saturated rings. The first-order chi connectivity index (χ1) is 9.65. The quantitative estimate of drug-likeness (QED) is 0.804. The van der Waals surface area contributed by atoms with E-state index < -0.39 is 5.97 Å². The fraction of sp³-hybridized carbons (Fsp3) is 0.333. The summed E-state index contributed by atoms with van der Waals surface area (Å²) >= 11 is 0. The Morgan fingerprint density at radius 1 is 1.35 bits per heavy atom. The number of carbonyl (C=O) groups excluding carboxylic acids is 1. The maximum Gasteiger partial charge on any atom is 0.328 e. The van der Waals surface area contributed by atoms with Gasteiger partial charge < -0.3 is 14.7 Å². The average Bonchev–Trinajstić information content (AvgIpc) is 2.83. The highest BCUT2D eigenvalue weighted by atomic mass is 16.5. The van der Waals surface area contributed by atoms with Crippen molar-refractivity contribution in [2.45, 2.75) is 12.8 Å². The van der Waals surface area contributed by atoms with Crippen molar-refractivity contribution in [3.05, 3.63) is 35.9 Å². The summed E-state index contributed by atoms with van der Waals surface area (Å²) in [4.78, 5) is 23.6. The highest BCUT2D eigenvalue weighted by molar-refractivity contribution is 5.85. The first-order valence-electron chi connectivity index (χ1n) is 6.57. The van der Waals surface area contributed by atoms with Crippen LogP contribution < -0.4 is 4.74 Å². The van der Waals surface area contributed by atoms with Crippen LogP contribution in [0, 0.1) is 0 Å². The summed E-state index contributed by atoms with van der Waals surface area (Å²) in [6, 6.07) is 7.15. The van der Waals surface area contributed by atoms with Crippen LogP contribution in [-0.4, -0.2) is 41.6 Å². The Labute approximate surface area is 117 Å². The number of carboxylic acids is 1. The third-order valence-electron chi connectivity index (χ3n) is 3.10. The van der Waals surface area contributed by atoms with E-state index in [0.29, 0.717) is 25.3 Å². The van der Waals surface area contributed by atoms with E-state index in [1.54, 1.807) is 24.3 Å². The zero-order chi connectivity index (χ0) is 14.4. The second kappa shape index (κ2) is 6.75. The molecule has 5 heteroatoms. The van der Waals surface area contributed by atoms with Gasteiger partial charge in [-0.3, -0.25) is 4.79 Å². The minimum Gasteiger partial charge on any atom is -0.492 e. The molecule has 106 valence electrons. The summed E-state index contributed by atoms with van der Waals surface area (Å²) in [5.74, 6) is -0.0625. The fourth-order valence-electron chi connectivity index (χ4n) is 2.06. The summed E-state index contributed by atoms with van der Waals surface area (Å²) in [5.41, 5.74) is 0.800. The average molecular weight is 275 g/mol. The maximum atomic E-state index is 11.4. The van der Waals surface area contributed by atoms with Crippen LogP contribution in [0.3, 0.4) is 0 Å². The fourth-order valence-corrected chi connectivity index (χ4v) is 2.06. The Morgan fingerprint density at radius 2 is 2.10 bits per heavy atom. The maximum absolute atomic E-state index is 11.4. The molecule has 20 heavy (non-hydrogen) atoms. The van der Waals surface area contributed by atoms with Gasteiger partial charge in [0.2, 0.25) is 5.91 Å². The summed E-state index contributed by atoms with van der Waals surface area (Å²) in [7, 11) is 0. The van der Waals surface area contributed by atoms with Gasteiger partial charge in [0.25, 0.3) is 0 Å². The van der Waals surface area contributed by atoms with Gasteiger partial charge in [0.15, 0.2) is 0 Å². The molecule has 1 heterocycles. The van der Waals surface area contributed by atoms with Crippen LogP contribution in [-0.2, 0) is 9.59 Å². The molecule has 1 aromatic rings. The van der Waals surface area contributed by atoms with E-state index >= 15 is 0 Å². The number of ether oxygens (including phenoxy) is 1. The zero-order valence-corrected chi connectivity index (χ0v) is 11.1. The molecular weight excluding hydrogens is 258 g/mol. The van der Waals surface area contributed by atoms with Crippen molar-refractivity contribution >= 4 is 18.0 Å². The second-order valence-corrected chi connectivity index (χ2v) is 4.57. The molecule has 0 bridgehead atoms. The largest absolute Gasteiger partial charge is 0.492 e. The number of hydrogen-bond donors (Lipinski definition) is 1. The summed E-state index contributed by atoms with van der Waals surface area (Å²) in [5, 5.41) is 8.53. The normalized spacial score (nSPS) is 15.0. The Balaban J connectivity index is 1.79. The Hall–Kier alpha value is -2.30. The number of nitrogens with zero attached hydrogens (tertiary/aromatic N) is 1. The molecule has 0 aromatic heterocycles. The minimum atomic E-state index is -0.972. The molecule has 1 amide bonds. The van der Waals surface area contributed by atoms with Gasteiger partial charge in [0, 0.05) is 19.0 Å². The predicted octanol–water partition coefficient (Wildman–Crippen LogP) is 1.79. The summed E-state index contributed by atoms with van der Waals surface area (Å²) in [6.45, 7) is 1.90. The van der Waals surface area contributed by atoms with Crippen molar-refractivity contribution in [1.29, 1.82) is 0 Å². The van der Waals surface area contributed by atoms with E-state index in [0.717, 1.165) is 24.6 Å². The molecule has 0 saturated carbocycles. The van der Waals surface area contributed by atoms with Crippen LogP contribution in [0.15, 0.2) is 30.3 Å². The molecule has 1 aliphatic heterocycles. The van der Waals surface area contributed by atoms with Crippen molar-refractivity contribution < 1.29 is 19.4 Å². The van der Waals surface area contributed by atoms with Crippen molar-refractivity contribution in [3.8, 4) is 5.75 Å². The standard InChI is InChI=1S/C15H17NO4/c17-14-2-1-9-16(14)10-11-20-13-6-3-12(4-7-13)5-8-15(18)19/h3-8H,1-2,9-11H2,(H,18,19). The molecule has 0 atom stereocenters. The Morgan fingerprint density at radius 3 is 2.70 bits per heavy atom. The van der Waals surface area contributed by atoms with Crippen molar-refractivity contribution in [2.75, 3.05) is 19.7 Å². The lowest BCUT2D eigenvalue weighted by Crippen LogP contribution is -2.29. The van der Waals surface area contributed by atoms with Crippen LogP contribution in [0.1, 0.15) is 18.4 Å². The lowest BCUT2D eigenvalue weighted by Gasteiger charge is -2.15. The highest BCUT2D eigenvalue weighted by Gasteiger charge is 2.19. The zero-order valence-electron chi connectivity index (χ0n) is 11.1. The first-order valence-corrected chi connectivity index (χ1v) is 6.57. The third-order valence-corrected chi connectivity index (χ3v) is 3.10. The van der Waals surface area contributed by atoms with Gasteiger partial charge >= 0.3 is 5.97 Å². The van der Waals surface area contributed by atoms with Crippen molar-refractivity contribution in [2.24, 2.45) is 0 Å². The van der Waals surface area contributed by atoms with Gasteiger partial charge in [-0.25, -0.2) is 4.79 Å². The number of hydrogen-bond acceptors (Lipinski definition) is 3. The molecule has 1 aromatic carbocycles. The smallest absolute Gasteiger partial charge is 0.328 e. The number of carbonyl (C=O) groups is 2. The predicted molar refractivity (Wildman–Crippen MR) is 74.4 cm³/mol. The van der Waals surface area contributed by atoms with Gasteiger partial charge in [-0.1, -0.05) is 12.1 Å². The number of likely N-dealkylation sites (tertiary alicyclic amines) is 1. The van der Waals surface area contributed by atoms with Crippen LogP contribution in [0.5, 0.6) is 5.75 Å². The Kier molecular flexibility index (Phi) is 4.76. The number of aliphatic carboxylic acids is 1. The minimum absolute atomic E-state index is 0.197. The number of benzene rings is 1. The molecule has 0 spiro atoms. The van der Waals surface area contributed by atoms with Crippen LogP contribution >= 0.6 is 0 Å². The van der Waals surface area contributed by atoms with Crippen LogP contribution in [0.4, 0.5) is 0 Å². The molecule has 1 saturated heterocycles. The SMILES string of the molecule is O=C(O)C=Cc1ccc(OCCN2CCCC2=O)cc1. The molecule has 0 unspecified atom stereocenters. The molecule has 2 rings (SSSR count). The third kappa shape index (κ3) is 4.12. The van der Waals surface area contributed by atoms with E-state index in [1.165, 1.54) is 6.08 Å². The summed E-state index contributed by atoms with van der Waals surface area (Å²) < 4.78 is 5.56. The molecule has 0 radical (unpaired) electrons. The van der Waals surface area contributed by atoms with E-state index in [2.05, 4.69) is 0 Å². The second-order valence-electron chi connectivity index (χ2n) is 4.57. The number of rotatable bonds is 6. The molecule has 5 nitrogen and oxygen atoms in total. The van der Waals surface area contributed by atoms with E-state index in [9.17, 15) is 9.59 Å². The van der Waals surface area contributed by atoms with Crippen molar-refractivity contribution in [1.82, 2.24) is 4.90 Å². The van der Waals surface area contributed by atoms with Crippen molar-refractivity contribution in [3.63, 3.8) is 0 Å². The van der Waals surface area contributed by atoms with Gasteiger partial charge in [-0.2, -0.15) is 0 Å². The van der Waals surface area contributed by atoms with E-state index in [4.69, 9.17) is 9.84 Å². The topological polar surface area (TPSA) is 66.8 Å². The van der Waals surface area contributed by atoms with E-state index in [1.807, 2.05) is 4.90 Å². The molecule has 1 aliphatic rings.